The van der Waals surface area contributed by atoms with Crippen molar-refractivity contribution in [3.8, 4) is 0 Å². The van der Waals surface area contributed by atoms with E-state index in [4.69, 9.17) is 0 Å². The molecule has 1 amide bonds. The van der Waals surface area contributed by atoms with E-state index in [9.17, 15) is 4.79 Å². The zero-order valence-corrected chi connectivity index (χ0v) is 13.0. The second-order valence-electron chi connectivity index (χ2n) is 5.25. The van der Waals surface area contributed by atoms with Crippen molar-refractivity contribution in [2.24, 2.45) is 0 Å². The van der Waals surface area contributed by atoms with Gasteiger partial charge in [-0.3, -0.25) is 14.2 Å². The minimum Gasteiger partial charge on any atom is -0.350 e. The molecule has 114 valence electrons. The topological polar surface area (TPSA) is 77.6 Å². The largest absolute Gasteiger partial charge is 0.350 e. The van der Waals surface area contributed by atoms with Crippen molar-refractivity contribution >= 4 is 5.91 Å². The van der Waals surface area contributed by atoms with Crippen LogP contribution in [-0.4, -0.2) is 36.5 Å². The Labute approximate surface area is 124 Å². The minimum atomic E-state index is -0.0455. The van der Waals surface area contributed by atoms with E-state index in [2.05, 4.69) is 27.4 Å². The number of aryl methyl sites for hydroxylation is 1. The number of carbonyl (C=O) groups excluding carboxylic acids is 1. The molecule has 1 N–H and O–H groups in total. The van der Waals surface area contributed by atoms with Crippen LogP contribution in [0.1, 0.15) is 30.8 Å². The first kappa shape index (κ1) is 15.2. The zero-order chi connectivity index (χ0) is 15.4. The maximum atomic E-state index is 12.1. The van der Waals surface area contributed by atoms with E-state index in [1.165, 1.54) is 11.9 Å². The maximum absolute atomic E-state index is 12.1. The molecule has 0 bridgehead atoms. The fourth-order valence-corrected chi connectivity index (χ4v) is 2.51. The highest BCUT2D eigenvalue weighted by Crippen LogP contribution is 2.13. The van der Waals surface area contributed by atoms with Gasteiger partial charge in [0.15, 0.2) is 0 Å². The van der Waals surface area contributed by atoms with E-state index >= 15 is 0 Å². The molecule has 21 heavy (non-hydrogen) atoms. The summed E-state index contributed by atoms with van der Waals surface area (Å²) in [7, 11) is 0. The molecule has 7 heteroatoms. The van der Waals surface area contributed by atoms with Crippen LogP contribution in [0.2, 0.25) is 0 Å². The van der Waals surface area contributed by atoms with Crippen LogP contribution in [0.25, 0.3) is 0 Å². The molecule has 0 aromatic carbocycles. The van der Waals surface area contributed by atoms with Gasteiger partial charge in [0.05, 0.1) is 12.2 Å². The van der Waals surface area contributed by atoms with Crippen molar-refractivity contribution in [2.75, 3.05) is 0 Å². The van der Waals surface area contributed by atoms with Gasteiger partial charge in [-0.1, -0.05) is 6.92 Å². The number of rotatable bonds is 6. The van der Waals surface area contributed by atoms with Crippen LogP contribution in [0, 0.1) is 13.8 Å². The number of nitrogens with zero attached hydrogens (tertiary/aromatic N) is 5. The molecular formula is C14H22N6O. The number of nitrogens with one attached hydrogen (secondary N) is 1. The predicted molar refractivity (Wildman–Crippen MR) is 78.7 cm³/mol. The number of amides is 1. The minimum absolute atomic E-state index is 0.0122. The lowest BCUT2D eigenvalue weighted by atomic mass is 10.1. The summed E-state index contributed by atoms with van der Waals surface area (Å²) in [6, 6.07) is -0.0122. The van der Waals surface area contributed by atoms with Crippen molar-refractivity contribution in [2.45, 2.75) is 53.2 Å². The molecule has 2 aromatic rings. The van der Waals surface area contributed by atoms with Crippen LogP contribution in [0.5, 0.6) is 0 Å². The Morgan fingerprint density at radius 3 is 2.76 bits per heavy atom. The Hall–Kier alpha value is -2.18. The first-order valence-corrected chi connectivity index (χ1v) is 7.16. The molecule has 1 atom stereocenters. The van der Waals surface area contributed by atoms with Crippen LogP contribution >= 0.6 is 0 Å². The summed E-state index contributed by atoms with van der Waals surface area (Å²) >= 11 is 0. The summed E-state index contributed by atoms with van der Waals surface area (Å²) < 4.78 is 3.47. The molecule has 2 heterocycles. The van der Waals surface area contributed by atoms with E-state index in [0.29, 0.717) is 6.54 Å². The van der Waals surface area contributed by atoms with Gasteiger partial charge in [0.25, 0.3) is 0 Å². The predicted octanol–water partition coefficient (Wildman–Crippen LogP) is 0.859. The molecule has 2 rings (SSSR count). The van der Waals surface area contributed by atoms with Crippen molar-refractivity contribution in [3.05, 3.63) is 29.6 Å². The van der Waals surface area contributed by atoms with Crippen LogP contribution in [0.3, 0.4) is 0 Å². The van der Waals surface area contributed by atoms with Gasteiger partial charge >= 0.3 is 0 Å². The van der Waals surface area contributed by atoms with Gasteiger partial charge < -0.3 is 5.32 Å². The maximum Gasteiger partial charge on any atom is 0.242 e. The summed E-state index contributed by atoms with van der Waals surface area (Å²) in [6.07, 6.45) is 4.05. The summed E-state index contributed by atoms with van der Waals surface area (Å²) in [5, 5.41) is 11.4. The van der Waals surface area contributed by atoms with Gasteiger partial charge in [0, 0.05) is 11.7 Å². The molecule has 0 aliphatic heterocycles. The highest BCUT2D eigenvalue weighted by Gasteiger charge is 2.14. The monoisotopic (exact) mass is 290 g/mol. The van der Waals surface area contributed by atoms with Crippen molar-refractivity contribution in [1.82, 2.24) is 29.9 Å². The third kappa shape index (κ3) is 3.68. The first-order valence-electron chi connectivity index (χ1n) is 7.16. The second kappa shape index (κ2) is 6.51. The van der Waals surface area contributed by atoms with Gasteiger partial charge in [0.2, 0.25) is 5.91 Å². The normalized spacial score (nSPS) is 12.4. The first-order chi connectivity index (χ1) is 10.0. The number of carbonyl (C=O) groups is 1. The summed E-state index contributed by atoms with van der Waals surface area (Å²) in [5.74, 6) is -0.0455. The lowest BCUT2D eigenvalue weighted by Gasteiger charge is -2.14. The fraction of sp³-hybridized carbons (Fsp3) is 0.571. The van der Waals surface area contributed by atoms with Crippen LogP contribution in [-0.2, 0) is 24.3 Å². The molecule has 0 radical (unpaired) electrons. The van der Waals surface area contributed by atoms with Gasteiger partial charge in [-0.15, -0.1) is 0 Å². The van der Waals surface area contributed by atoms with Gasteiger partial charge in [0.1, 0.15) is 19.2 Å². The van der Waals surface area contributed by atoms with Crippen molar-refractivity contribution < 1.29 is 4.79 Å². The molecule has 0 aliphatic carbocycles. The standard InChI is InChI=1S/C14H22N6O/c1-5-13-11(3)18-20(12(13)4)7-14(21)17-10(2)6-19-9-15-8-16-19/h8-10H,5-7H2,1-4H3,(H,17,21). The molecule has 0 aliphatic rings. The molecular weight excluding hydrogens is 268 g/mol. The number of hydrogen-bond acceptors (Lipinski definition) is 4. The van der Waals surface area contributed by atoms with Crippen LogP contribution in [0.4, 0.5) is 0 Å². The molecule has 0 saturated heterocycles. The number of hydrogen-bond donors (Lipinski definition) is 1. The zero-order valence-electron chi connectivity index (χ0n) is 13.0. The molecule has 0 fully saturated rings. The fourth-order valence-electron chi connectivity index (χ4n) is 2.51. The quantitative estimate of drug-likeness (QED) is 0.856. The highest BCUT2D eigenvalue weighted by molar-refractivity contribution is 5.76. The van der Waals surface area contributed by atoms with Crippen LogP contribution < -0.4 is 5.32 Å². The van der Waals surface area contributed by atoms with Gasteiger partial charge in [-0.2, -0.15) is 10.2 Å². The lowest BCUT2D eigenvalue weighted by Crippen LogP contribution is -2.38. The Balaban J connectivity index is 1.92. The van der Waals surface area contributed by atoms with E-state index in [1.54, 1.807) is 15.7 Å². The average molecular weight is 290 g/mol. The third-order valence-electron chi connectivity index (χ3n) is 3.51. The van der Waals surface area contributed by atoms with Crippen molar-refractivity contribution in [3.63, 3.8) is 0 Å². The Kier molecular flexibility index (Phi) is 4.72. The van der Waals surface area contributed by atoms with E-state index in [0.717, 1.165) is 17.8 Å². The SMILES string of the molecule is CCc1c(C)nn(CC(=O)NC(C)Cn2cncn2)c1C. The van der Waals surface area contributed by atoms with Crippen LogP contribution in [0.15, 0.2) is 12.7 Å². The Bertz CT molecular complexity index is 601. The Morgan fingerprint density at radius 1 is 1.43 bits per heavy atom. The van der Waals surface area contributed by atoms with E-state index in [-0.39, 0.29) is 18.5 Å². The summed E-state index contributed by atoms with van der Waals surface area (Å²) in [6.45, 7) is 8.87. The average Bonchev–Trinajstić information content (AvgIpc) is 2.99. The third-order valence-corrected chi connectivity index (χ3v) is 3.51. The lowest BCUT2D eigenvalue weighted by molar-refractivity contribution is -0.122. The highest BCUT2D eigenvalue weighted by atomic mass is 16.2. The molecule has 1 unspecified atom stereocenters. The van der Waals surface area contributed by atoms with E-state index in [1.807, 2.05) is 20.8 Å². The summed E-state index contributed by atoms with van der Waals surface area (Å²) in [5.41, 5.74) is 3.28. The van der Waals surface area contributed by atoms with Crippen molar-refractivity contribution in [1.29, 1.82) is 0 Å². The molecule has 0 saturated carbocycles. The van der Waals surface area contributed by atoms with E-state index < -0.39 is 0 Å². The second-order valence-corrected chi connectivity index (χ2v) is 5.25. The molecule has 7 nitrogen and oxygen atoms in total. The smallest absolute Gasteiger partial charge is 0.242 e. The van der Waals surface area contributed by atoms with Gasteiger partial charge in [-0.25, -0.2) is 4.98 Å². The molecule has 2 aromatic heterocycles. The Morgan fingerprint density at radius 2 is 2.19 bits per heavy atom. The van der Waals surface area contributed by atoms with Gasteiger partial charge in [-0.05, 0) is 32.8 Å². The summed E-state index contributed by atoms with van der Waals surface area (Å²) in [4.78, 5) is 16.0. The number of aromatic nitrogens is 5. The molecule has 0 spiro atoms.